The molecule has 0 spiro atoms. The molecular formula is C14H23F3N2O2. The second-order valence-electron chi connectivity index (χ2n) is 6.39. The number of nitrogens with zero attached hydrogens (tertiary/aromatic N) is 1. The Hall–Kier alpha value is -0.820. The summed E-state index contributed by atoms with van der Waals surface area (Å²) in [5.41, 5.74) is 0. The summed E-state index contributed by atoms with van der Waals surface area (Å²) in [4.78, 5) is 12.9. The second kappa shape index (κ2) is 6.96. The van der Waals surface area contributed by atoms with E-state index in [9.17, 15) is 18.0 Å². The van der Waals surface area contributed by atoms with Crippen molar-refractivity contribution in [3.05, 3.63) is 0 Å². The standard InChI is InChI=1S/C14H23F3N2O2/c15-14(16,17)9-18-12-5-11(3-4-13(20)21)7-19(8-12)6-10-1-2-10/h10-12,18H,1-9H2,(H,20,21). The molecule has 1 aliphatic heterocycles. The number of carboxylic acid groups (broad SMARTS) is 1. The van der Waals surface area contributed by atoms with Gasteiger partial charge in [-0.15, -0.1) is 0 Å². The zero-order valence-corrected chi connectivity index (χ0v) is 12.0. The average molecular weight is 308 g/mol. The van der Waals surface area contributed by atoms with Crippen molar-refractivity contribution in [2.24, 2.45) is 11.8 Å². The highest BCUT2D eigenvalue weighted by atomic mass is 19.4. The summed E-state index contributed by atoms with van der Waals surface area (Å²) in [6.07, 6.45) is -0.525. The number of halogens is 3. The van der Waals surface area contributed by atoms with Gasteiger partial charge >= 0.3 is 12.1 Å². The van der Waals surface area contributed by atoms with Crippen molar-refractivity contribution < 1.29 is 23.1 Å². The molecule has 0 aromatic rings. The van der Waals surface area contributed by atoms with Crippen LogP contribution in [0.2, 0.25) is 0 Å². The average Bonchev–Trinajstić information content (AvgIpc) is 3.17. The lowest BCUT2D eigenvalue weighted by atomic mass is 9.90. The number of rotatable bonds is 7. The van der Waals surface area contributed by atoms with Crippen LogP contribution in [0.5, 0.6) is 0 Å². The molecule has 2 atom stereocenters. The van der Waals surface area contributed by atoms with Crippen LogP contribution in [0.4, 0.5) is 13.2 Å². The Kier molecular flexibility index (Phi) is 5.48. The number of carbonyl (C=O) groups is 1. The van der Waals surface area contributed by atoms with Gasteiger partial charge in [-0.25, -0.2) is 0 Å². The van der Waals surface area contributed by atoms with Crippen LogP contribution in [0.15, 0.2) is 0 Å². The molecule has 0 aromatic carbocycles. The van der Waals surface area contributed by atoms with Crippen LogP contribution in [0.3, 0.4) is 0 Å². The molecule has 1 saturated heterocycles. The molecule has 122 valence electrons. The van der Waals surface area contributed by atoms with Crippen molar-refractivity contribution in [2.45, 2.75) is 44.3 Å². The summed E-state index contributed by atoms with van der Waals surface area (Å²) in [6.45, 7) is 1.42. The molecule has 2 fully saturated rings. The predicted molar refractivity (Wildman–Crippen MR) is 72.0 cm³/mol. The molecule has 1 heterocycles. The number of carboxylic acids is 1. The molecular weight excluding hydrogens is 285 g/mol. The summed E-state index contributed by atoms with van der Waals surface area (Å²) in [7, 11) is 0. The Morgan fingerprint density at radius 3 is 2.52 bits per heavy atom. The molecule has 2 unspecified atom stereocenters. The van der Waals surface area contributed by atoms with Gasteiger partial charge in [-0.1, -0.05) is 0 Å². The van der Waals surface area contributed by atoms with E-state index in [-0.39, 0.29) is 18.4 Å². The van der Waals surface area contributed by atoms with Gasteiger partial charge in [0.25, 0.3) is 0 Å². The number of aliphatic carboxylic acids is 1. The highest BCUT2D eigenvalue weighted by molar-refractivity contribution is 5.66. The highest BCUT2D eigenvalue weighted by Crippen LogP contribution is 2.32. The number of piperidine rings is 1. The molecule has 1 saturated carbocycles. The number of nitrogens with one attached hydrogen (secondary N) is 1. The van der Waals surface area contributed by atoms with Gasteiger partial charge in [-0.3, -0.25) is 4.79 Å². The third kappa shape index (κ3) is 6.65. The third-order valence-corrected chi connectivity index (χ3v) is 4.18. The summed E-state index contributed by atoms with van der Waals surface area (Å²) in [5.74, 6) is 0.0138. The minimum atomic E-state index is -4.20. The predicted octanol–water partition coefficient (Wildman–Crippen LogP) is 2.10. The van der Waals surface area contributed by atoms with Gasteiger partial charge in [0.05, 0.1) is 6.54 Å². The minimum Gasteiger partial charge on any atom is -0.481 e. The smallest absolute Gasteiger partial charge is 0.401 e. The Morgan fingerprint density at radius 1 is 1.24 bits per heavy atom. The van der Waals surface area contributed by atoms with Crippen LogP contribution in [0.1, 0.15) is 32.1 Å². The van der Waals surface area contributed by atoms with Crippen molar-refractivity contribution in [3.63, 3.8) is 0 Å². The number of likely N-dealkylation sites (tertiary alicyclic amines) is 1. The van der Waals surface area contributed by atoms with E-state index in [2.05, 4.69) is 10.2 Å². The highest BCUT2D eigenvalue weighted by Gasteiger charge is 2.34. The lowest BCUT2D eigenvalue weighted by Crippen LogP contribution is -2.51. The molecule has 2 rings (SSSR count). The lowest BCUT2D eigenvalue weighted by molar-refractivity contribution is -0.137. The fourth-order valence-corrected chi connectivity index (χ4v) is 3.06. The first-order chi connectivity index (χ1) is 9.82. The quantitative estimate of drug-likeness (QED) is 0.756. The van der Waals surface area contributed by atoms with Crippen LogP contribution >= 0.6 is 0 Å². The van der Waals surface area contributed by atoms with E-state index < -0.39 is 18.7 Å². The fourth-order valence-electron chi connectivity index (χ4n) is 3.06. The van der Waals surface area contributed by atoms with Crippen molar-refractivity contribution in [2.75, 3.05) is 26.2 Å². The molecule has 0 amide bonds. The maximum absolute atomic E-state index is 12.3. The Bertz CT molecular complexity index is 359. The second-order valence-corrected chi connectivity index (χ2v) is 6.39. The molecule has 2 aliphatic rings. The molecule has 0 radical (unpaired) electrons. The Balaban J connectivity index is 1.84. The lowest BCUT2D eigenvalue weighted by Gasteiger charge is -2.38. The van der Waals surface area contributed by atoms with Gasteiger partial charge in [-0.05, 0) is 37.5 Å². The van der Waals surface area contributed by atoms with Crippen LogP contribution in [0, 0.1) is 11.8 Å². The van der Waals surface area contributed by atoms with Gasteiger partial charge in [0, 0.05) is 32.1 Å². The number of hydrogen-bond acceptors (Lipinski definition) is 3. The van der Waals surface area contributed by atoms with Gasteiger partial charge in [-0.2, -0.15) is 13.2 Å². The fraction of sp³-hybridized carbons (Fsp3) is 0.929. The van der Waals surface area contributed by atoms with E-state index in [1.165, 1.54) is 12.8 Å². The van der Waals surface area contributed by atoms with E-state index in [0.29, 0.717) is 25.3 Å². The zero-order chi connectivity index (χ0) is 15.5. The summed E-state index contributed by atoms with van der Waals surface area (Å²) >= 11 is 0. The van der Waals surface area contributed by atoms with E-state index in [0.717, 1.165) is 13.1 Å². The van der Waals surface area contributed by atoms with Crippen molar-refractivity contribution in [1.29, 1.82) is 0 Å². The van der Waals surface area contributed by atoms with E-state index >= 15 is 0 Å². The van der Waals surface area contributed by atoms with Gasteiger partial charge in [0.15, 0.2) is 0 Å². The molecule has 2 N–H and O–H groups in total. The number of hydrogen-bond donors (Lipinski definition) is 2. The van der Waals surface area contributed by atoms with Crippen LogP contribution < -0.4 is 5.32 Å². The largest absolute Gasteiger partial charge is 0.481 e. The molecule has 7 heteroatoms. The first-order valence-electron chi connectivity index (χ1n) is 7.56. The Labute approximate surface area is 122 Å². The van der Waals surface area contributed by atoms with Crippen molar-refractivity contribution in [3.8, 4) is 0 Å². The molecule has 0 bridgehead atoms. The summed E-state index contributed by atoms with van der Waals surface area (Å²) in [6, 6.07) is -0.196. The summed E-state index contributed by atoms with van der Waals surface area (Å²) in [5, 5.41) is 11.4. The van der Waals surface area contributed by atoms with Crippen LogP contribution in [0.25, 0.3) is 0 Å². The van der Waals surface area contributed by atoms with Crippen molar-refractivity contribution in [1.82, 2.24) is 10.2 Å². The number of alkyl halides is 3. The topological polar surface area (TPSA) is 52.6 Å². The first-order valence-corrected chi connectivity index (χ1v) is 7.56. The summed E-state index contributed by atoms with van der Waals surface area (Å²) < 4.78 is 37.0. The van der Waals surface area contributed by atoms with Crippen LogP contribution in [-0.2, 0) is 4.79 Å². The minimum absolute atomic E-state index is 0.0912. The Morgan fingerprint density at radius 2 is 1.95 bits per heavy atom. The monoisotopic (exact) mass is 308 g/mol. The molecule has 0 aromatic heterocycles. The van der Waals surface area contributed by atoms with E-state index in [4.69, 9.17) is 5.11 Å². The third-order valence-electron chi connectivity index (χ3n) is 4.18. The molecule has 1 aliphatic carbocycles. The van der Waals surface area contributed by atoms with Crippen LogP contribution in [-0.4, -0.2) is 54.4 Å². The normalized spacial score (nSPS) is 27.8. The first kappa shape index (κ1) is 16.5. The maximum Gasteiger partial charge on any atom is 0.401 e. The SMILES string of the molecule is O=C(O)CCC1CC(NCC(F)(F)F)CN(CC2CC2)C1. The maximum atomic E-state index is 12.3. The van der Waals surface area contributed by atoms with E-state index in [1.807, 2.05) is 0 Å². The molecule has 4 nitrogen and oxygen atoms in total. The van der Waals surface area contributed by atoms with E-state index in [1.54, 1.807) is 0 Å². The molecule has 21 heavy (non-hydrogen) atoms. The van der Waals surface area contributed by atoms with Gasteiger partial charge in [0.2, 0.25) is 0 Å². The van der Waals surface area contributed by atoms with Crippen molar-refractivity contribution >= 4 is 5.97 Å². The van der Waals surface area contributed by atoms with Gasteiger partial charge < -0.3 is 15.3 Å². The van der Waals surface area contributed by atoms with Gasteiger partial charge in [0.1, 0.15) is 0 Å². The zero-order valence-electron chi connectivity index (χ0n) is 12.0.